The van der Waals surface area contributed by atoms with Crippen LogP contribution >= 0.6 is 0 Å². The molecule has 18 heavy (non-hydrogen) atoms. The van der Waals surface area contributed by atoms with Gasteiger partial charge in [-0.25, -0.2) is 0 Å². The molecule has 2 heteroatoms. The van der Waals surface area contributed by atoms with E-state index in [2.05, 4.69) is 11.8 Å². The molecule has 1 fully saturated rings. The second-order valence-corrected chi connectivity index (χ2v) is 5.93. The average Bonchev–Trinajstić information content (AvgIpc) is 2.85. The number of unbranched alkanes of at least 4 members (excludes halogenated alkanes) is 7. The van der Waals surface area contributed by atoms with Gasteiger partial charge in [-0.3, -0.25) is 0 Å². The van der Waals surface area contributed by atoms with Crippen molar-refractivity contribution in [3.63, 3.8) is 0 Å². The first kappa shape index (κ1) is 16.0. The third-order valence-electron chi connectivity index (χ3n) is 4.06. The summed E-state index contributed by atoms with van der Waals surface area (Å²) < 4.78 is 0. The Hall–Kier alpha value is -0.0800. The van der Waals surface area contributed by atoms with E-state index in [0.29, 0.717) is 0 Å². The zero-order valence-corrected chi connectivity index (χ0v) is 12.4. The molecule has 0 saturated carbocycles. The number of β-amino-alcohol motifs (C(OH)–C–C–N with tert-alkyl or cyclic N) is 1. The second kappa shape index (κ2) is 10.8. The molecular weight excluding hydrogens is 222 g/mol. The molecule has 1 saturated heterocycles. The van der Waals surface area contributed by atoms with Crippen LogP contribution in [0.2, 0.25) is 0 Å². The molecule has 0 aromatic carbocycles. The first-order valence-electron chi connectivity index (χ1n) is 8.23. The SMILES string of the molecule is CCCCCCCCCCC(O)CN1CCCC1. The minimum atomic E-state index is -0.0804. The molecule has 0 spiro atoms. The number of rotatable bonds is 11. The van der Waals surface area contributed by atoms with Gasteiger partial charge < -0.3 is 10.0 Å². The number of aliphatic hydroxyl groups is 1. The highest BCUT2D eigenvalue weighted by Crippen LogP contribution is 2.13. The number of likely N-dealkylation sites (tertiary alicyclic amines) is 1. The van der Waals surface area contributed by atoms with Crippen LogP contribution in [0, 0.1) is 0 Å². The van der Waals surface area contributed by atoms with Gasteiger partial charge in [-0.1, -0.05) is 58.3 Å². The number of hydrogen-bond donors (Lipinski definition) is 1. The summed E-state index contributed by atoms with van der Waals surface area (Å²) in [5.41, 5.74) is 0. The molecule has 1 heterocycles. The lowest BCUT2D eigenvalue weighted by Gasteiger charge is -2.19. The molecule has 1 atom stereocenters. The number of nitrogens with zero attached hydrogens (tertiary/aromatic N) is 1. The van der Waals surface area contributed by atoms with Gasteiger partial charge in [0.15, 0.2) is 0 Å². The molecule has 108 valence electrons. The van der Waals surface area contributed by atoms with Gasteiger partial charge in [0, 0.05) is 6.54 Å². The fraction of sp³-hybridized carbons (Fsp3) is 1.00. The van der Waals surface area contributed by atoms with E-state index >= 15 is 0 Å². The van der Waals surface area contributed by atoms with Gasteiger partial charge in [-0.2, -0.15) is 0 Å². The molecular formula is C16H33NO. The highest BCUT2D eigenvalue weighted by molar-refractivity contribution is 4.70. The summed E-state index contributed by atoms with van der Waals surface area (Å²) in [6.07, 6.45) is 14.4. The highest BCUT2D eigenvalue weighted by Gasteiger charge is 2.15. The molecule has 2 nitrogen and oxygen atoms in total. The van der Waals surface area contributed by atoms with Crippen LogP contribution in [0.3, 0.4) is 0 Å². The van der Waals surface area contributed by atoms with E-state index in [9.17, 15) is 5.11 Å². The minimum Gasteiger partial charge on any atom is -0.392 e. The summed E-state index contributed by atoms with van der Waals surface area (Å²) >= 11 is 0. The molecule has 1 N–H and O–H groups in total. The van der Waals surface area contributed by atoms with Gasteiger partial charge in [-0.15, -0.1) is 0 Å². The molecule has 0 bridgehead atoms. The van der Waals surface area contributed by atoms with Crippen LogP contribution < -0.4 is 0 Å². The Bertz CT molecular complexity index is 178. The smallest absolute Gasteiger partial charge is 0.0667 e. The van der Waals surface area contributed by atoms with E-state index < -0.39 is 0 Å². The maximum atomic E-state index is 9.94. The summed E-state index contributed by atoms with van der Waals surface area (Å²) in [6.45, 7) is 5.58. The van der Waals surface area contributed by atoms with Crippen molar-refractivity contribution in [2.45, 2.75) is 83.7 Å². The van der Waals surface area contributed by atoms with E-state index in [4.69, 9.17) is 0 Å². The lowest BCUT2D eigenvalue weighted by Crippen LogP contribution is -2.29. The van der Waals surface area contributed by atoms with Crippen LogP contribution in [0.5, 0.6) is 0 Å². The van der Waals surface area contributed by atoms with E-state index in [-0.39, 0.29) is 6.10 Å². The van der Waals surface area contributed by atoms with Gasteiger partial charge in [-0.05, 0) is 32.4 Å². The van der Waals surface area contributed by atoms with Crippen LogP contribution in [-0.2, 0) is 0 Å². The molecule has 0 aromatic heterocycles. The Morgan fingerprint density at radius 1 is 0.889 bits per heavy atom. The zero-order valence-electron chi connectivity index (χ0n) is 12.4. The van der Waals surface area contributed by atoms with E-state index in [0.717, 1.165) is 13.0 Å². The van der Waals surface area contributed by atoms with Crippen molar-refractivity contribution >= 4 is 0 Å². The van der Waals surface area contributed by atoms with Gasteiger partial charge in [0.25, 0.3) is 0 Å². The second-order valence-electron chi connectivity index (χ2n) is 5.93. The highest BCUT2D eigenvalue weighted by atomic mass is 16.3. The van der Waals surface area contributed by atoms with Gasteiger partial charge in [0.2, 0.25) is 0 Å². The van der Waals surface area contributed by atoms with Crippen molar-refractivity contribution in [2.24, 2.45) is 0 Å². The van der Waals surface area contributed by atoms with Gasteiger partial charge >= 0.3 is 0 Å². The minimum absolute atomic E-state index is 0.0804. The third kappa shape index (κ3) is 8.10. The van der Waals surface area contributed by atoms with E-state index in [1.807, 2.05) is 0 Å². The largest absolute Gasteiger partial charge is 0.392 e. The van der Waals surface area contributed by atoms with Crippen molar-refractivity contribution in [3.05, 3.63) is 0 Å². The normalized spacial score (nSPS) is 18.3. The van der Waals surface area contributed by atoms with Crippen molar-refractivity contribution < 1.29 is 5.11 Å². The first-order valence-corrected chi connectivity index (χ1v) is 8.23. The number of hydrogen-bond acceptors (Lipinski definition) is 2. The predicted octanol–water partition coefficient (Wildman–Crippen LogP) is 3.97. The molecule has 1 aliphatic heterocycles. The van der Waals surface area contributed by atoms with E-state index in [1.165, 1.54) is 77.3 Å². The average molecular weight is 255 g/mol. The Labute approximate surface area is 114 Å². The fourth-order valence-electron chi connectivity index (χ4n) is 2.87. The summed E-state index contributed by atoms with van der Waals surface area (Å²) in [4.78, 5) is 2.41. The summed E-state index contributed by atoms with van der Waals surface area (Å²) in [7, 11) is 0. The molecule has 0 radical (unpaired) electrons. The maximum Gasteiger partial charge on any atom is 0.0667 e. The van der Waals surface area contributed by atoms with Crippen LogP contribution in [0.4, 0.5) is 0 Å². The zero-order chi connectivity index (χ0) is 13.1. The van der Waals surface area contributed by atoms with Crippen molar-refractivity contribution in [1.82, 2.24) is 4.90 Å². The third-order valence-corrected chi connectivity index (χ3v) is 4.06. The Morgan fingerprint density at radius 3 is 2.06 bits per heavy atom. The van der Waals surface area contributed by atoms with Crippen molar-refractivity contribution in [3.8, 4) is 0 Å². The fourth-order valence-corrected chi connectivity index (χ4v) is 2.87. The Balaban J connectivity index is 1.81. The van der Waals surface area contributed by atoms with Crippen LogP contribution in [0.15, 0.2) is 0 Å². The van der Waals surface area contributed by atoms with Crippen LogP contribution in [0.1, 0.15) is 77.6 Å². The van der Waals surface area contributed by atoms with Crippen molar-refractivity contribution in [2.75, 3.05) is 19.6 Å². The first-order chi connectivity index (χ1) is 8.83. The lowest BCUT2D eigenvalue weighted by atomic mass is 10.1. The Morgan fingerprint density at radius 2 is 1.44 bits per heavy atom. The number of aliphatic hydroxyl groups excluding tert-OH is 1. The molecule has 0 amide bonds. The topological polar surface area (TPSA) is 23.5 Å². The van der Waals surface area contributed by atoms with Crippen LogP contribution in [0.25, 0.3) is 0 Å². The molecule has 1 unspecified atom stereocenters. The summed E-state index contributed by atoms with van der Waals surface area (Å²) in [5.74, 6) is 0. The standard InChI is InChI=1S/C16H33NO/c1-2-3-4-5-6-7-8-9-12-16(18)15-17-13-10-11-14-17/h16,18H,2-15H2,1H3. The van der Waals surface area contributed by atoms with Gasteiger partial charge in [0.1, 0.15) is 0 Å². The molecule has 1 rings (SSSR count). The summed E-state index contributed by atoms with van der Waals surface area (Å²) in [5, 5.41) is 9.94. The molecule has 0 aliphatic carbocycles. The van der Waals surface area contributed by atoms with Crippen molar-refractivity contribution in [1.29, 1.82) is 0 Å². The maximum absolute atomic E-state index is 9.94. The molecule has 0 aromatic rings. The molecule has 1 aliphatic rings. The van der Waals surface area contributed by atoms with Crippen LogP contribution in [-0.4, -0.2) is 35.7 Å². The lowest BCUT2D eigenvalue weighted by molar-refractivity contribution is 0.114. The predicted molar refractivity (Wildman–Crippen MR) is 78.9 cm³/mol. The Kier molecular flexibility index (Phi) is 9.59. The van der Waals surface area contributed by atoms with E-state index in [1.54, 1.807) is 0 Å². The van der Waals surface area contributed by atoms with Gasteiger partial charge in [0.05, 0.1) is 6.10 Å². The monoisotopic (exact) mass is 255 g/mol. The quantitative estimate of drug-likeness (QED) is 0.565. The summed E-state index contributed by atoms with van der Waals surface area (Å²) in [6, 6.07) is 0.